The Morgan fingerprint density at radius 2 is 1.90 bits per heavy atom. The molecule has 1 aliphatic heterocycles. The molecule has 3 rings (SSSR count). The number of halogens is 4. The number of benzene rings is 2. The fraction of sp³-hybridized carbons (Fsp3) is 0.435. The Morgan fingerprint density at radius 1 is 1.23 bits per heavy atom. The maximum absolute atomic E-state index is 15.3. The van der Waals surface area contributed by atoms with E-state index in [0.717, 1.165) is 0 Å². The van der Waals surface area contributed by atoms with Gasteiger partial charge in [-0.2, -0.15) is 0 Å². The SMILES string of the molecule is CC(C)(C)C[C@H]1N[C@H](C(=O)O)[C@@H](c2cccc(Cl)c2F)[C@]1(CN)c1ccc(Cl)cc1F. The largest absolute Gasteiger partial charge is 0.480 e. The van der Waals surface area contributed by atoms with Crippen molar-refractivity contribution in [1.82, 2.24) is 5.32 Å². The lowest BCUT2D eigenvalue weighted by atomic mass is 9.62. The molecule has 31 heavy (non-hydrogen) atoms. The van der Waals surface area contributed by atoms with Gasteiger partial charge in [0.05, 0.1) is 5.02 Å². The summed E-state index contributed by atoms with van der Waals surface area (Å²) < 4.78 is 30.5. The smallest absolute Gasteiger partial charge is 0.321 e. The minimum absolute atomic E-state index is 0.0867. The van der Waals surface area contributed by atoms with Crippen molar-refractivity contribution in [3.05, 3.63) is 69.2 Å². The molecule has 0 amide bonds. The summed E-state index contributed by atoms with van der Waals surface area (Å²) in [6.07, 6.45) is 0.481. The topological polar surface area (TPSA) is 75.3 Å². The lowest BCUT2D eigenvalue weighted by Gasteiger charge is -2.42. The monoisotopic (exact) mass is 470 g/mol. The Kier molecular flexibility index (Phi) is 6.68. The van der Waals surface area contributed by atoms with Crippen LogP contribution in [0.25, 0.3) is 0 Å². The van der Waals surface area contributed by atoms with Crippen LogP contribution in [0.3, 0.4) is 0 Å². The van der Waals surface area contributed by atoms with Gasteiger partial charge in [0.1, 0.15) is 17.7 Å². The zero-order chi connectivity index (χ0) is 23.1. The first-order valence-electron chi connectivity index (χ1n) is 10.0. The normalized spacial score (nSPS) is 26.3. The lowest BCUT2D eigenvalue weighted by Crippen LogP contribution is -2.50. The van der Waals surface area contributed by atoms with E-state index in [1.165, 1.54) is 30.3 Å². The Hall–Kier alpha value is -1.73. The third kappa shape index (κ3) is 4.31. The van der Waals surface area contributed by atoms with Crippen LogP contribution in [0.15, 0.2) is 36.4 Å². The summed E-state index contributed by atoms with van der Waals surface area (Å²) in [5.74, 6) is -3.52. The third-order valence-corrected chi connectivity index (χ3v) is 6.59. The molecule has 0 aromatic heterocycles. The van der Waals surface area contributed by atoms with E-state index in [4.69, 9.17) is 28.9 Å². The standard InChI is InChI=1S/C23H26Cl2F2N2O2/c1-22(2,3)10-17-23(11-28,14-8-7-12(24)9-16(14)26)18(20(29-17)21(30)31)13-5-4-6-15(25)19(13)27/h4-9,17-18,20,29H,10-11,28H2,1-3H3,(H,30,31)/t17-,18-,20+,23-/m1/s1. The summed E-state index contributed by atoms with van der Waals surface area (Å²) in [6, 6.07) is 6.90. The van der Waals surface area contributed by atoms with Crippen molar-refractivity contribution < 1.29 is 18.7 Å². The zero-order valence-electron chi connectivity index (χ0n) is 17.6. The van der Waals surface area contributed by atoms with Crippen molar-refractivity contribution in [1.29, 1.82) is 0 Å². The number of carboxylic acid groups (broad SMARTS) is 1. The Bertz CT molecular complexity index is 996. The van der Waals surface area contributed by atoms with Crippen molar-refractivity contribution in [2.45, 2.75) is 50.6 Å². The van der Waals surface area contributed by atoms with E-state index in [1.807, 2.05) is 20.8 Å². The molecule has 4 atom stereocenters. The molecule has 1 heterocycles. The van der Waals surface area contributed by atoms with E-state index in [9.17, 15) is 9.90 Å². The molecule has 0 aliphatic carbocycles. The molecule has 2 aromatic carbocycles. The van der Waals surface area contributed by atoms with Gasteiger partial charge < -0.3 is 16.2 Å². The van der Waals surface area contributed by atoms with Gasteiger partial charge in [-0.15, -0.1) is 0 Å². The molecular weight excluding hydrogens is 445 g/mol. The van der Waals surface area contributed by atoms with Gasteiger partial charge in [0.25, 0.3) is 0 Å². The average molecular weight is 471 g/mol. The highest BCUT2D eigenvalue weighted by atomic mass is 35.5. The number of carboxylic acids is 1. The van der Waals surface area contributed by atoms with Crippen LogP contribution in [0.2, 0.25) is 10.0 Å². The van der Waals surface area contributed by atoms with Crippen LogP contribution in [0, 0.1) is 17.0 Å². The highest BCUT2D eigenvalue weighted by Crippen LogP contribution is 2.52. The van der Waals surface area contributed by atoms with Crippen molar-refractivity contribution in [3.8, 4) is 0 Å². The first kappa shape index (κ1) is 23.9. The zero-order valence-corrected chi connectivity index (χ0v) is 19.1. The molecule has 1 aliphatic rings. The second-order valence-corrected chi connectivity index (χ2v) is 10.1. The lowest BCUT2D eigenvalue weighted by molar-refractivity contribution is -0.139. The summed E-state index contributed by atoms with van der Waals surface area (Å²) in [6.45, 7) is 5.88. The number of hydrogen-bond acceptors (Lipinski definition) is 3. The minimum atomic E-state index is -1.25. The molecule has 0 saturated carbocycles. The van der Waals surface area contributed by atoms with E-state index in [1.54, 1.807) is 6.07 Å². The molecular formula is C23H26Cl2F2N2O2. The predicted octanol–water partition coefficient (Wildman–Crippen LogP) is 5.11. The van der Waals surface area contributed by atoms with Gasteiger partial charge in [-0.25, -0.2) is 8.78 Å². The van der Waals surface area contributed by atoms with Crippen molar-refractivity contribution >= 4 is 29.2 Å². The number of carbonyl (C=O) groups is 1. The molecule has 0 bridgehead atoms. The van der Waals surface area contributed by atoms with Crippen molar-refractivity contribution in [3.63, 3.8) is 0 Å². The van der Waals surface area contributed by atoms with Crippen LogP contribution < -0.4 is 11.1 Å². The fourth-order valence-electron chi connectivity index (χ4n) is 4.86. The number of nitrogens with two attached hydrogens (primary N) is 1. The third-order valence-electron chi connectivity index (χ3n) is 6.06. The van der Waals surface area contributed by atoms with Crippen LogP contribution in [0.4, 0.5) is 8.78 Å². The molecule has 4 nitrogen and oxygen atoms in total. The van der Waals surface area contributed by atoms with Gasteiger partial charge in [-0.1, -0.05) is 62.2 Å². The summed E-state index contributed by atoms with van der Waals surface area (Å²) in [7, 11) is 0. The number of rotatable bonds is 5. The number of nitrogens with one attached hydrogen (secondary N) is 1. The predicted molar refractivity (Wildman–Crippen MR) is 119 cm³/mol. The van der Waals surface area contributed by atoms with E-state index in [-0.39, 0.29) is 33.1 Å². The molecule has 1 saturated heterocycles. The molecule has 0 radical (unpaired) electrons. The molecule has 8 heteroatoms. The second-order valence-electron chi connectivity index (χ2n) is 9.29. The average Bonchev–Trinajstić information content (AvgIpc) is 2.97. The van der Waals surface area contributed by atoms with E-state index in [2.05, 4.69) is 5.32 Å². The van der Waals surface area contributed by atoms with Gasteiger partial charge in [-0.3, -0.25) is 4.79 Å². The van der Waals surface area contributed by atoms with Crippen molar-refractivity contribution in [2.75, 3.05) is 6.54 Å². The van der Waals surface area contributed by atoms with Crippen LogP contribution in [0.1, 0.15) is 44.2 Å². The first-order valence-corrected chi connectivity index (χ1v) is 10.8. The highest BCUT2D eigenvalue weighted by Gasteiger charge is 2.59. The van der Waals surface area contributed by atoms with Crippen LogP contribution in [-0.4, -0.2) is 29.7 Å². The van der Waals surface area contributed by atoms with Crippen molar-refractivity contribution in [2.24, 2.45) is 11.1 Å². The van der Waals surface area contributed by atoms with Gasteiger partial charge in [-0.05, 0) is 41.2 Å². The molecule has 1 fully saturated rings. The highest BCUT2D eigenvalue weighted by molar-refractivity contribution is 6.31. The second kappa shape index (κ2) is 8.66. The van der Waals surface area contributed by atoms with Gasteiger partial charge >= 0.3 is 5.97 Å². The Labute approximate surface area is 190 Å². The Balaban J connectivity index is 2.36. The molecule has 0 unspecified atom stereocenters. The maximum Gasteiger partial charge on any atom is 0.321 e. The van der Waals surface area contributed by atoms with Gasteiger partial charge in [0, 0.05) is 28.9 Å². The number of aliphatic carboxylic acids is 1. The summed E-state index contributed by atoms with van der Waals surface area (Å²) in [5.41, 5.74) is 5.10. The van der Waals surface area contributed by atoms with E-state index >= 15 is 8.78 Å². The maximum atomic E-state index is 15.3. The van der Waals surface area contributed by atoms with E-state index in [0.29, 0.717) is 6.42 Å². The van der Waals surface area contributed by atoms with E-state index < -0.39 is 41.0 Å². The van der Waals surface area contributed by atoms with Gasteiger partial charge in [0.15, 0.2) is 0 Å². The summed E-state index contributed by atoms with van der Waals surface area (Å²) >= 11 is 12.0. The number of hydrogen-bond donors (Lipinski definition) is 3. The van der Waals surface area contributed by atoms with Crippen LogP contribution in [-0.2, 0) is 10.2 Å². The summed E-state index contributed by atoms with van der Waals surface area (Å²) in [5, 5.41) is 13.2. The summed E-state index contributed by atoms with van der Waals surface area (Å²) in [4.78, 5) is 12.3. The van der Waals surface area contributed by atoms with Crippen LogP contribution >= 0.6 is 23.2 Å². The molecule has 2 aromatic rings. The molecule has 4 N–H and O–H groups in total. The molecule has 0 spiro atoms. The quantitative estimate of drug-likeness (QED) is 0.567. The Morgan fingerprint density at radius 3 is 2.45 bits per heavy atom. The van der Waals surface area contributed by atoms with Crippen LogP contribution in [0.5, 0.6) is 0 Å². The first-order chi connectivity index (χ1) is 14.4. The van der Waals surface area contributed by atoms with Gasteiger partial charge in [0.2, 0.25) is 0 Å². The fourth-order valence-corrected chi connectivity index (χ4v) is 5.20. The molecule has 168 valence electrons. The minimum Gasteiger partial charge on any atom is -0.480 e.